The van der Waals surface area contributed by atoms with Crippen molar-refractivity contribution >= 4 is 17.7 Å². The second-order valence-corrected chi connectivity index (χ2v) is 4.51. The molecule has 0 aromatic heterocycles. The van der Waals surface area contributed by atoms with E-state index in [4.69, 9.17) is 0 Å². The molecule has 2 rings (SSSR count). The first-order chi connectivity index (χ1) is 11.3. The summed E-state index contributed by atoms with van der Waals surface area (Å²) in [5, 5.41) is 20.6. The lowest BCUT2D eigenvalue weighted by molar-refractivity contribution is -0.385. The van der Waals surface area contributed by atoms with Crippen molar-refractivity contribution in [3.63, 3.8) is 0 Å². The Morgan fingerprint density at radius 2 is 1.46 bits per heavy atom. The van der Waals surface area contributed by atoms with Crippen molar-refractivity contribution in [2.45, 2.75) is 13.3 Å². The molecule has 0 radical (unpaired) electrons. The standard InChI is InChI=1S/C8H6FNO3.C7H6FNO2/c9-7-2-1-3-8(10(12)13)6(7)4-5-11;1-5-6(8)3-2-4-7(5)9(10)11/h1-3,5H,4H2;2-4H,1H3. The number of nitro groups is 2. The largest absolute Gasteiger partial charge is 0.303 e. The molecular formula is C15H12F2N2O5. The minimum absolute atomic E-state index is 0.0810. The van der Waals surface area contributed by atoms with E-state index in [1.807, 2.05) is 0 Å². The minimum Gasteiger partial charge on any atom is -0.303 e. The fourth-order valence-electron chi connectivity index (χ4n) is 1.80. The molecule has 0 N–H and O–H groups in total. The summed E-state index contributed by atoms with van der Waals surface area (Å²) in [6, 6.07) is 7.29. The lowest BCUT2D eigenvalue weighted by Crippen LogP contribution is -1.99. The molecule has 0 unspecified atom stereocenters. The second kappa shape index (κ2) is 8.42. The van der Waals surface area contributed by atoms with Gasteiger partial charge in [-0.05, 0) is 19.1 Å². The minimum atomic E-state index is -0.721. The Hall–Kier alpha value is -3.23. The molecule has 7 nitrogen and oxygen atoms in total. The van der Waals surface area contributed by atoms with Gasteiger partial charge >= 0.3 is 0 Å². The highest BCUT2D eigenvalue weighted by Crippen LogP contribution is 2.21. The van der Waals surface area contributed by atoms with Gasteiger partial charge in [0.2, 0.25) is 0 Å². The molecule has 0 aliphatic heterocycles. The molecule has 0 aliphatic rings. The summed E-state index contributed by atoms with van der Waals surface area (Å²) in [6.45, 7) is 1.38. The molecule has 0 heterocycles. The van der Waals surface area contributed by atoms with Gasteiger partial charge in [-0.2, -0.15) is 0 Å². The van der Waals surface area contributed by atoms with E-state index in [1.165, 1.54) is 37.3 Å². The number of halogens is 2. The zero-order chi connectivity index (χ0) is 18.3. The van der Waals surface area contributed by atoms with Crippen LogP contribution in [-0.4, -0.2) is 16.1 Å². The summed E-state index contributed by atoms with van der Waals surface area (Å²) >= 11 is 0. The Morgan fingerprint density at radius 1 is 0.958 bits per heavy atom. The predicted octanol–water partition coefficient (Wildman–Crippen LogP) is 3.52. The normalized spacial score (nSPS) is 9.62. The molecule has 126 valence electrons. The summed E-state index contributed by atoms with van der Waals surface area (Å²) < 4.78 is 25.6. The van der Waals surface area contributed by atoms with Crippen molar-refractivity contribution in [2.75, 3.05) is 0 Å². The van der Waals surface area contributed by atoms with Gasteiger partial charge in [-0.1, -0.05) is 12.1 Å². The maximum atomic E-state index is 12.9. The van der Waals surface area contributed by atoms with Crippen LogP contribution in [0.4, 0.5) is 20.2 Å². The SMILES string of the molecule is Cc1c(F)cccc1[N+](=O)[O-].O=CCc1c(F)cccc1[N+](=O)[O-]. The summed E-state index contributed by atoms with van der Waals surface area (Å²) in [4.78, 5) is 29.4. The van der Waals surface area contributed by atoms with E-state index in [0.717, 1.165) is 6.07 Å². The lowest BCUT2D eigenvalue weighted by Gasteiger charge is -1.98. The number of hydrogen-bond donors (Lipinski definition) is 0. The third-order valence-electron chi connectivity index (χ3n) is 3.01. The van der Waals surface area contributed by atoms with Crippen LogP contribution in [0.15, 0.2) is 36.4 Å². The molecule has 9 heteroatoms. The molecular weight excluding hydrogens is 326 g/mol. The first-order valence-corrected chi connectivity index (χ1v) is 6.54. The number of hydrogen-bond acceptors (Lipinski definition) is 5. The van der Waals surface area contributed by atoms with Crippen LogP contribution in [0.1, 0.15) is 11.1 Å². The number of nitrogens with zero attached hydrogens (tertiary/aromatic N) is 2. The first kappa shape index (κ1) is 18.8. The molecule has 0 fully saturated rings. The third-order valence-corrected chi connectivity index (χ3v) is 3.01. The van der Waals surface area contributed by atoms with E-state index < -0.39 is 21.5 Å². The van der Waals surface area contributed by atoms with Crippen LogP contribution in [0.25, 0.3) is 0 Å². The second-order valence-electron chi connectivity index (χ2n) is 4.51. The molecule has 0 saturated heterocycles. The number of carbonyl (C=O) groups excluding carboxylic acids is 1. The topological polar surface area (TPSA) is 103 Å². The van der Waals surface area contributed by atoms with Gasteiger partial charge in [0.15, 0.2) is 0 Å². The Labute approximate surface area is 134 Å². The molecule has 0 amide bonds. The van der Waals surface area contributed by atoms with Gasteiger partial charge < -0.3 is 4.79 Å². The first-order valence-electron chi connectivity index (χ1n) is 6.54. The fraction of sp³-hybridized carbons (Fsp3) is 0.133. The van der Waals surface area contributed by atoms with Crippen LogP contribution in [0.5, 0.6) is 0 Å². The van der Waals surface area contributed by atoms with Crippen molar-refractivity contribution in [1.29, 1.82) is 0 Å². The number of rotatable bonds is 4. The van der Waals surface area contributed by atoms with Gasteiger partial charge in [-0.15, -0.1) is 0 Å². The molecule has 0 bridgehead atoms. The van der Waals surface area contributed by atoms with Gasteiger partial charge in [0.1, 0.15) is 17.9 Å². The van der Waals surface area contributed by atoms with Gasteiger partial charge in [-0.3, -0.25) is 20.2 Å². The average Bonchev–Trinajstić information content (AvgIpc) is 2.52. The Morgan fingerprint density at radius 3 is 1.92 bits per heavy atom. The zero-order valence-electron chi connectivity index (χ0n) is 12.4. The van der Waals surface area contributed by atoms with Crippen LogP contribution in [0.3, 0.4) is 0 Å². The highest BCUT2D eigenvalue weighted by atomic mass is 19.1. The smallest absolute Gasteiger partial charge is 0.275 e. The van der Waals surface area contributed by atoms with Crippen molar-refractivity contribution in [2.24, 2.45) is 0 Å². The highest BCUT2D eigenvalue weighted by Gasteiger charge is 2.16. The van der Waals surface area contributed by atoms with Crippen LogP contribution in [0.2, 0.25) is 0 Å². The quantitative estimate of drug-likeness (QED) is 0.482. The fourth-order valence-corrected chi connectivity index (χ4v) is 1.80. The van der Waals surface area contributed by atoms with E-state index in [2.05, 4.69) is 0 Å². The van der Waals surface area contributed by atoms with Crippen LogP contribution in [0, 0.1) is 38.8 Å². The molecule has 2 aromatic carbocycles. The molecule has 24 heavy (non-hydrogen) atoms. The van der Waals surface area contributed by atoms with Crippen LogP contribution >= 0.6 is 0 Å². The van der Waals surface area contributed by atoms with E-state index in [0.29, 0.717) is 6.29 Å². The number of carbonyl (C=O) groups is 1. The van der Waals surface area contributed by atoms with Gasteiger partial charge in [0, 0.05) is 18.6 Å². The van der Waals surface area contributed by atoms with Gasteiger partial charge in [0.05, 0.1) is 21.0 Å². The van der Waals surface area contributed by atoms with E-state index in [1.54, 1.807) is 0 Å². The molecule has 0 aliphatic carbocycles. The van der Waals surface area contributed by atoms with Crippen molar-refractivity contribution < 1.29 is 23.4 Å². The molecule has 2 aromatic rings. The van der Waals surface area contributed by atoms with Gasteiger partial charge in [-0.25, -0.2) is 8.78 Å². The summed E-state index contributed by atoms with van der Waals surface area (Å²) in [5.74, 6) is -1.26. The number of aldehydes is 1. The molecule has 0 spiro atoms. The third kappa shape index (κ3) is 4.63. The summed E-state index contributed by atoms with van der Waals surface area (Å²) in [5.41, 5.74) is -0.614. The molecule has 0 saturated carbocycles. The van der Waals surface area contributed by atoms with Crippen LogP contribution in [-0.2, 0) is 11.2 Å². The van der Waals surface area contributed by atoms with Crippen molar-refractivity contribution in [1.82, 2.24) is 0 Å². The lowest BCUT2D eigenvalue weighted by atomic mass is 10.1. The number of nitro benzene ring substituents is 2. The monoisotopic (exact) mass is 338 g/mol. The van der Waals surface area contributed by atoms with E-state index in [9.17, 15) is 33.8 Å². The Kier molecular flexibility index (Phi) is 6.60. The van der Waals surface area contributed by atoms with Crippen LogP contribution < -0.4 is 0 Å². The van der Waals surface area contributed by atoms with Crippen molar-refractivity contribution in [3.8, 4) is 0 Å². The highest BCUT2D eigenvalue weighted by molar-refractivity contribution is 5.59. The zero-order valence-corrected chi connectivity index (χ0v) is 12.4. The van der Waals surface area contributed by atoms with Crippen molar-refractivity contribution in [3.05, 3.63) is 79.4 Å². The van der Waals surface area contributed by atoms with E-state index in [-0.39, 0.29) is 28.9 Å². The molecule has 0 atom stereocenters. The number of benzene rings is 2. The summed E-state index contributed by atoms with van der Waals surface area (Å²) in [6.07, 6.45) is 0.161. The Bertz CT molecular complexity index is 780. The Balaban J connectivity index is 0.000000243. The maximum Gasteiger partial charge on any atom is 0.275 e. The summed E-state index contributed by atoms with van der Waals surface area (Å²) in [7, 11) is 0. The van der Waals surface area contributed by atoms with Gasteiger partial charge in [0.25, 0.3) is 11.4 Å². The predicted molar refractivity (Wildman–Crippen MR) is 80.6 cm³/mol. The maximum absolute atomic E-state index is 12.9. The average molecular weight is 338 g/mol. The van der Waals surface area contributed by atoms with E-state index >= 15 is 0 Å².